The molecule has 0 saturated heterocycles. The molecule has 1 heterocycles. The summed E-state index contributed by atoms with van der Waals surface area (Å²) >= 11 is 1.83. The molecule has 2 heteroatoms. The molecule has 0 aliphatic heterocycles. The molecule has 0 spiro atoms. The van der Waals surface area contributed by atoms with Crippen molar-refractivity contribution in [1.29, 1.82) is 0 Å². The lowest BCUT2D eigenvalue weighted by Gasteiger charge is -2.17. The van der Waals surface area contributed by atoms with Crippen molar-refractivity contribution >= 4 is 11.3 Å². The van der Waals surface area contributed by atoms with Gasteiger partial charge in [-0.1, -0.05) is 19.4 Å². The van der Waals surface area contributed by atoms with Crippen molar-refractivity contribution in [2.75, 3.05) is 0 Å². The van der Waals surface area contributed by atoms with Crippen LogP contribution in [0, 0.1) is 5.92 Å². The molecule has 1 nitrogen and oxygen atoms in total. The smallest absolute Gasteiger partial charge is 0.00485 e. The summed E-state index contributed by atoms with van der Waals surface area (Å²) in [5, 5.41) is 2.13. The van der Waals surface area contributed by atoms with Crippen LogP contribution in [0.5, 0.6) is 0 Å². The summed E-state index contributed by atoms with van der Waals surface area (Å²) in [7, 11) is 0. The molecule has 0 aromatic carbocycles. The minimum atomic E-state index is 0.317. The Labute approximate surface area is 78.6 Å². The van der Waals surface area contributed by atoms with Crippen LogP contribution in [0.25, 0.3) is 0 Å². The van der Waals surface area contributed by atoms with Crippen LogP contribution in [0.2, 0.25) is 0 Å². The molecule has 2 unspecified atom stereocenters. The van der Waals surface area contributed by atoms with Crippen molar-refractivity contribution < 1.29 is 0 Å². The van der Waals surface area contributed by atoms with Crippen molar-refractivity contribution in [2.45, 2.75) is 32.7 Å². The van der Waals surface area contributed by atoms with Crippen molar-refractivity contribution in [2.24, 2.45) is 11.7 Å². The van der Waals surface area contributed by atoms with E-state index in [2.05, 4.69) is 31.4 Å². The molecular weight excluding hydrogens is 166 g/mol. The standard InChI is InChI=1S/C10H17NS/c1-3-9(8(2)11)7-10-5-4-6-12-10/h4-6,8-9H,3,7,11H2,1-2H3. The van der Waals surface area contributed by atoms with Crippen LogP contribution in [0.3, 0.4) is 0 Å². The molecule has 2 atom stereocenters. The molecule has 0 fully saturated rings. The summed E-state index contributed by atoms with van der Waals surface area (Å²) in [4.78, 5) is 1.46. The second-order valence-corrected chi connectivity index (χ2v) is 4.34. The van der Waals surface area contributed by atoms with Crippen molar-refractivity contribution in [3.05, 3.63) is 22.4 Å². The van der Waals surface area contributed by atoms with Gasteiger partial charge in [-0.3, -0.25) is 0 Å². The van der Waals surface area contributed by atoms with Gasteiger partial charge in [0.15, 0.2) is 0 Å². The van der Waals surface area contributed by atoms with E-state index in [0.29, 0.717) is 12.0 Å². The first-order chi connectivity index (χ1) is 5.74. The van der Waals surface area contributed by atoms with E-state index in [1.807, 2.05) is 11.3 Å². The van der Waals surface area contributed by atoms with Crippen molar-refractivity contribution in [3.63, 3.8) is 0 Å². The Morgan fingerprint density at radius 3 is 2.75 bits per heavy atom. The zero-order valence-corrected chi connectivity index (χ0v) is 8.60. The Bertz CT molecular complexity index is 204. The van der Waals surface area contributed by atoms with Gasteiger partial charge in [0.05, 0.1) is 0 Å². The lowest BCUT2D eigenvalue weighted by Crippen LogP contribution is -2.27. The molecule has 1 aromatic rings. The third kappa shape index (κ3) is 2.61. The van der Waals surface area contributed by atoms with Gasteiger partial charge in [-0.2, -0.15) is 0 Å². The Balaban J connectivity index is 2.48. The van der Waals surface area contributed by atoms with Crippen LogP contribution >= 0.6 is 11.3 Å². The van der Waals surface area contributed by atoms with Crippen LogP contribution in [0.4, 0.5) is 0 Å². The molecule has 1 rings (SSSR count). The average Bonchev–Trinajstić information content (AvgIpc) is 2.51. The fourth-order valence-electron chi connectivity index (χ4n) is 1.39. The molecule has 0 saturated carbocycles. The Hall–Kier alpha value is -0.340. The summed E-state index contributed by atoms with van der Waals surface area (Å²) in [6.07, 6.45) is 2.32. The Kier molecular flexibility index (Phi) is 3.76. The van der Waals surface area contributed by atoms with Crippen LogP contribution < -0.4 is 5.73 Å². The van der Waals surface area contributed by atoms with Gasteiger partial charge in [0, 0.05) is 10.9 Å². The molecule has 0 amide bonds. The quantitative estimate of drug-likeness (QED) is 0.763. The summed E-state index contributed by atoms with van der Waals surface area (Å²) in [6, 6.07) is 4.61. The summed E-state index contributed by atoms with van der Waals surface area (Å²) < 4.78 is 0. The predicted octanol–water partition coefficient (Wildman–Crippen LogP) is 2.66. The first-order valence-electron chi connectivity index (χ1n) is 4.52. The largest absolute Gasteiger partial charge is 0.328 e. The van der Waals surface area contributed by atoms with Crippen molar-refractivity contribution in [1.82, 2.24) is 0 Å². The zero-order valence-electron chi connectivity index (χ0n) is 7.79. The van der Waals surface area contributed by atoms with Crippen LogP contribution in [0.1, 0.15) is 25.1 Å². The Morgan fingerprint density at radius 2 is 2.33 bits per heavy atom. The van der Waals surface area contributed by atoms with Gasteiger partial charge >= 0.3 is 0 Å². The molecule has 0 bridgehead atoms. The first kappa shape index (κ1) is 9.75. The van der Waals surface area contributed by atoms with E-state index in [9.17, 15) is 0 Å². The summed E-state index contributed by atoms with van der Waals surface area (Å²) in [5.74, 6) is 0.642. The van der Waals surface area contributed by atoms with Crippen LogP contribution in [-0.2, 0) is 6.42 Å². The molecule has 68 valence electrons. The normalized spacial score (nSPS) is 15.9. The van der Waals surface area contributed by atoms with Gasteiger partial charge in [0.2, 0.25) is 0 Å². The third-order valence-electron chi connectivity index (χ3n) is 2.31. The van der Waals surface area contributed by atoms with Gasteiger partial charge in [-0.05, 0) is 30.7 Å². The minimum Gasteiger partial charge on any atom is -0.328 e. The lowest BCUT2D eigenvalue weighted by atomic mass is 9.95. The first-order valence-corrected chi connectivity index (χ1v) is 5.40. The van der Waals surface area contributed by atoms with Crippen LogP contribution in [0.15, 0.2) is 17.5 Å². The number of hydrogen-bond donors (Lipinski definition) is 1. The van der Waals surface area contributed by atoms with Gasteiger partial charge in [0.1, 0.15) is 0 Å². The highest BCUT2D eigenvalue weighted by atomic mass is 32.1. The fourth-order valence-corrected chi connectivity index (χ4v) is 2.19. The average molecular weight is 183 g/mol. The maximum atomic E-state index is 5.87. The highest BCUT2D eigenvalue weighted by molar-refractivity contribution is 7.09. The molecule has 0 radical (unpaired) electrons. The number of rotatable bonds is 4. The van der Waals surface area contributed by atoms with E-state index in [4.69, 9.17) is 5.73 Å². The SMILES string of the molecule is CCC(Cc1cccs1)C(C)N. The number of nitrogens with two attached hydrogens (primary N) is 1. The van der Waals surface area contributed by atoms with Gasteiger partial charge in [-0.15, -0.1) is 11.3 Å². The van der Waals surface area contributed by atoms with Gasteiger partial charge < -0.3 is 5.73 Å². The van der Waals surface area contributed by atoms with E-state index >= 15 is 0 Å². The van der Waals surface area contributed by atoms with E-state index in [1.165, 1.54) is 11.3 Å². The number of hydrogen-bond acceptors (Lipinski definition) is 2. The molecule has 2 N–H and O–H groups in total. The fraction of sp³-hybridized carbons (Fsp3) is 0.600. The van der Waals surface area contributed by atoms with Crippen molar-refractivity contribution in [3.8, 4) is 0 Å². The topological polar surface area (TPSA) is 26.0 Å². The zero-order chi connectivity index (χ0) is 8.97. The highest BCUT2D eigenvalue weighted by Crippen LogP contribution is 2.18. The predicted molar refractivity (Wildman–Crippen MR) is 55.5 cm³/mol. The third-order valence-corrected chi connectivity index (χ3v) is 3.21. The van der Waals surface area contributed by atoms with E-state index in [0.717, 1.165) is 6.42 Å². The lowest BCUT2D eigenvalue weighted by molar-refractivity contribution is 0.430. The maximum Gasteiger partial charge on any atom is 0.00485 e. The van der Waals surface area contributed by atoms with Gasteiger partial charge in [-0.25, -0.2) is 0 Å². The maximum absolute atomic E-state index is 5.87. The summed E-state index contributed by atoms with van der Waals surface area (Å²) in [6.45, 7) is 4.31. The van der Waals surface area contributed by atoms with E-state index < -0.39 is 0 Å². The second kappa shape index (κ2) is 4.63. The second-order valence-electron chi connectivity index (χ2n) is 3.31. The molecule has 1 aromatic heterocycles. The van der Waals surface area contributed by atoms with Crippen LogP contribution in [-0.4, -0.2) is 6.04 Å². The van der Waals surface area contributed by atoms with Gasteiger partial charge in [0.25, 0.3) is 0 Å². The monoisotopic (exact) mass is 183 g/mol. The highest BCUT2D eigenvalue weighted by Gasteiger charge is 2.12. The van der Waals surface area contributed by atoms with E-state index in [-0.39, 0.29) is 0 Å². The minimum absolute atomic E-state index is 0.317. The van der Waals surface area contributed by atoms with E-state index in [1.54, 1.807) is 0 Å². The molecular formula is C10H17NS. The molecule has 0 aliphatic rings. The Morgan fingerprint density at radius 1 is 1.58 bits per heavy atom. The molecule has 0 aliphatic carbocycles. The summed E-state index contributed by atoms with van der Waals surface area (Å²) in [5.41, 5.74) is 5.87. The number of thiophene rings is 1. The molecule has 12 heavy (non-hydrogen) atoms.